The van der Waals surface area contributed by atoms with Crippen molar-refractivity contribution in [3.63, 3.8) is 0 Å². The summed E-state index contributed by atoms with van der Waals surface area (Å²) in [5.74, 6) is 0.686. The summed E-state index contributed by atoms with van der Waals surface area (Å²) in [6, 6.07) is 20.4. The summed E-state index contributed by atoms with van der Waals surface area (Å²) in [7, 11) is -2.56. The molecule has 0 aliphatic heterocycles. The zero-order valence-corrected chi connectivity index (χ0v) is 19.6. The van der Waals surface area contributed by atoms with E-state index >= 15 is 0 Å². The number of para-hydroxylation sites is 1. The van der Waals surface area contributed by atoms with Crippen molar-refractivity contribution in [1.82, 2.24) is 14.6 Å². The van der Waals surface area contributed by atoms with Gasteiger partial charge in [-0.25, -0.2) is 9.51 Å². The summed E-state index contributed by atoms with van der Waals surface area (Å²) in [5, 5.41) is 19.7. The second-order valence-corrected chi connectivity index (χ2v) is 9.16. The van der Waals surface area contributed by atoms with Gasteiger partial charge in [-0.1, -0.05) is 24.3 Å². The molecule has 3 aromatic carbocycles. The van der Waals surface area contributed by atoms with Crippen molar-refractivity contribution in [2.24, 2.45) is 5.10 Å². The first-order chi connectivity index (χ1) is 16.8. The Kier molecular flexibility index (Phi) is 6.60. The molecule has 4 aromatic rings. The molecule has 0 atom stereocenters. The van der Waals surface area contributed by atoms with Gasteiger partial charge in [0.2, 0.25) is 0 Å². The predicted molar refractivity (Wildman–Crippen MR) is 131 cm³/mol. The largest absolute Gasteiger partial charge is 0.497 e. The molecular weight excluding hydrogens is 470 g/mol. The van der Waals surface area contributed by atoms with Gasteiger partial charge in [-0.2, -0.15) is 18.6 Å². The van der Waals surface area contributed by atoms with Crippen LogP contribution in [0.3, 0.4) is 0 Å². The molecule has 0 aliphatic carbocycles. The predicted octanol–water partition coefficient (Wildman–Crippen LogP) is 4.08. The van der Waals surface area contributed by atoms with E-state index in [9.17, 15) is 18.5 Å². The first kappa shape index (κ1) is 23.6. The van der Waals surface area contributed by atoms with Gasteiger partial charge in [0.05, 0.1) is 28.8 Å². The van der Waals surface area contributed by atoms with Gasteiger partial charge in [0.25, 0.3) is 15.7 Å². The highest BCUT2D eigenvalue weighted by molar-refractivity contribution is 7.89. The summed E-state index contributed by atoms with van der Waals surface area (Å²) >= 11 is 0. The third-order valence-electron chi connectivity index (χ3n) is 5.19. The molecule has 0 saturated carbocycles. The number of nitro groups is 1. The molecule has 4 rings (SSSR count). The molecule has 0 radical (unpaired) electrons. The van der Waals surface area contributed by atoms with Crippen LogP contribution >= 0.6 is 0 Å². The summed E-state index contributed by atoms with van der Waals surface area (Å²) < 4.78 is 32.2. The molecule has 1 aromatic heterocycles. The molecule has 10 nitrogen and oxygen atoms in total. The van der Waals surface area contributed by atoms with E-state index in [1.807, 2.05) is 42.5 Å². The highest BCUT2D eigenvalue weighted by atomic mass is 32.2. The van der Waals surface area contributed by atoms with Gasteiger partial charge < -0.3 is 4.74 Å². The first-order valence-corrected chi connectivity index (χ1v) is 11.9. The zero-order valence-electron chi connectivity index (χ0n) is 18.8. The van der Waals surface area contributed by atoms with Crippen LogP contribution in [0.2, 0.25) is 0 Å². The molecular formula is C24H21N5O5S. The van der Waals surface area contributed by atoms with Gasteiger partial charge in [0.15, 0.2) is 0 Å². The SMILES string of the molecule is COc1ccc(-c2nn(-c3ccccc3)cc2/C=N/NS(=O)(=O)c2ccc(C)c([N+](=O)[O-])c2)cc1. The van der Waals surface area contributed by atoms with Gasteiger partial charge in [-0.05, 0) is 49.4 Å². The molecule has 0 spiro atoms. The summed E-state index contributed by atoms with van der Waals surface area (Å²) in [4.78, 5) is 12.4. The topological polar surface area (TPSA) is 129 Å². The van der Waals surface area contributed by atoms with Crippen LogP contribution in [-0.2, 0) is 10.0 Å². The molecule has 0 amide bonds. The Hall–Kier alpha value is -4.51. The number of aromatic nitrogens is 2. The number of hydrazone groups is 1. The molecule has 0 saturated heterocycles. The normalized spacial score (nSPS) is 11.5. The average Bonchev–Trinajstić information content (AvgIpc) is 3.28. The maximum absolute atomic E-state index is 12.7. The first-order valence-electron chi connectivity index (χ1n) is 10.4. The van der Waals surface area contributed by atoms with Crippen LogP contribution in [0.15, 0.2) is 89.0 Å². The number of hydrogen-bond donors (Lipinski definition) is 1. The number of hydrogen-bond acceptors (Lipinski definition) is 7. The number of ether oxygens (including phenoxy) is 1. The van der Waals surface area contributed by atoms with Gasteiger partial charge >= 0.3 is 0 Å². The van der Waals surface area contributed by atoms with Gasteiger partial charge in [-0.3, -0.25) is 10.1 Å². The fourth-order valence-electron chi connectivity index (χ4n) is 3.34. The molecule has 0 fully saturated rings. The number of nitrogens with one attached hydrogen (secondary N) is 1. The molecule has 35 heavy (non-hydrogen) atoms. The van der Waals surface area contributed by atoms with E-state index in [4.69, 9.17) is 4.74 Å². The highest BCUT2D eigenvalue weighted by Gasteiger charge is 2.19. The number of sulfonamides is 1. The second kappa shape index (κ2) is 9.77. The number of rotatable bonds is 8. The molecule has 1 heterocycles. The van der Waals surface area contributed by atoms with E-state index < -0.39 is 14.9 Å². The zero-order chi connectivity index (χ0) is 25.0. The average molecular weight is 492 g/mol. The minimum atomic E-state index is -4.13. The Labute approximate surface area is 201 Å². The lowest BCUT2D eigenvalue weighted by atomic mass is 10.1. The van der Waals surface area contributed by atoms with Crippen molar-refractivity contribution in [2.45, 2.75) is 11.8 Å². The number of nitro benzene ring substituents is 1. The third-order valence-corrected chi connectivity index (χ3v) is 6.41. The smallest absolute Gasteiger partial charge is 0.276 e. The number of methoxy groups -OCH3 is 1. The fraction of sp³-hybridized carbons (Fsp3) is 0.0833. The molecule has 0 bridgehead atoms. The third kappa shape index (κ3) is 5.20. The Morgan fingerprint density at radius 1 is 1.09 bits per heavy atom. The minimum Gasteiger partial charge on any atom is -0.497 e. The van der Waals surface area contributed by atoms with Crippen molar-refractivity contribution in [3.8, 4) is 22.7 Å². The van der Waals surface area contributed by atoms with Crippen LogP contribution in [0.1, 0.15) is 11.1 Å². The lowest BCUT2D eigenvalue weighted by Gasteiger charge is -2.05. The Bertz CT molecular complexity index is 1500. The summed E-state index contributed by atoms with van der Waals surface area (Å²) in [6.45, 7) is 1.53. The van der Waals surface area contributed by atoms with Crippen LogP contribution in [-0.4, -0.2) is 36.4 Å². The standard InChI is InChI=1S/C24H21N5O5S/c1-17-8-13-22(14-23(17)29(30)31)35(32,33)27-25-15-19-16-28(20-6-4-3-5-7-20)26-24(19)18-9-11-21(34-2)12-10-18/h3-16,27H,1-2H3/b25-15+. The maximum Gasteiger partial charge on any atom is 0.276 e. The number of aryl methyl sites for hydroxylation is 1. The quantitative estimate of drug-likeness (QED) is 0.225. The van der Waals surface area contributed by atoms with E-state index in [-0.39, 0.29) is 10.6 Å². The minimum absolute atomic E-state index is 0.262. The number of nitrogens with zero attached hydrogens (tertiary/aromatic N) is 4. The molecule has 1 N–H and O–H groups in total. The summed E-state index contributed by atoms with van der Waals surface area (Å²) in [6.07, 6.45) is 3.07. The molecule has 11 heteroatoms. The highest BCUT2D eigenvalue weighted by Crippen LogP contribution is 2.25. The molecule has 0 aliphatic rings. The Morgan fingerprint density at radius 3 is 2.46 bits per heavy atom. The van der Waals surface area contributed by atoms with Crippen LogP contribution in [0.5, 0.6) is 5.75 Å². The van der Waals surface area contributed by atoms with Crippen molar-refractivity contribution in [2.75, 3.05) is 7.11 Å². The van der Waals surface area contributed by atoms with Crippen molar-refractivity contribution in [3.05, 3.63) is 100 Å². The van der Waals surface area contributed by atoms with E-state index in [0.29, 0.717) is 22.6 Å². The van der Waals surface area contributed by atoms with Crippen molar-refractivity contribution in [1.29, 1.82) is 0 Å². The van der Waals surface area contributed by atoms with Crippen molar-refractivity contribution >= 4 is 21.9 Å². The molecule has 178 valence electrons. The monoisotopic (exact) mass is 491 g/mol. The Balaban J connectivity index is 1.67. The van der Waals surface area contributed by atoms with Gasteiger partial charge in [0, 0.05) is 29.0 Å². The maximum atomic E-state index is 12.7. The lowest BCUT2D eigenvalue weighted by molar-refractivity contribution is -0.385. The Morgan fingerprint density at radius 2 is 1.80 bits per heavy atom. The van der Waals surface area contributed by atoms with Crippen LogP contribution in [0, 0.1) is 17.0 Å². The van der Waals surface area contributed by atoms with Crippen LogP contribution in [0.4, 0.5) is 5.69 Å². The van der Waals surface area contributed by atoms with E-state index in [2.05, 4.69) is 15.0 Å². The van der Waals surface area contributed by atoms with Gasteiger partial charge in [-0.15, -0.1) is 0 Å². The van der Waals surface area contributed by atoms with E-state index in [1.54, 1.807) is 30.1 Å². The van der Waals surface area contributed by atoms with Crippen molar-refractivity contribution < 1.29 is 18.1 Å². The van der Waals surface area contributed by atoms with E-state index in [0.717, 1.165) is 17.3 Å². The van der Waals surface area contributed by atoms with E-state index in [1.165, 1.54) is 25.3 Å². The van der Waals surface area contributed by atoms with Crippen LogP contribution < -0.4 is 9.57 Å². The molecule has 0 unspecified atom stereocenters. The fourth-order valence-corrected chi connectivity index (χ4v) is 4.15. The summed E-state index contributed by atoms with van der Waals surface area (Å²) in [5.41, 5.74) is 2.79. The lowest BCUT2D eigenvalue weighted by Crippen LogP contribution is -2.18. The van der Waals surface area contributed by atoms with Gasteiger partial charge in [0.1, 0.15) is 11.4 Å². The number of benzene rings is 3. The van der Waals surface area contributed by atoms with Crippen LogP contribution in [0.25, 0.3) is 16.9 Å². The second-order valence-electron chi connectivity index (χ2n) is 7.50.